The van der Waals surface area contributed by atoms with Crippen LogP contribution in [-0.2, 0) is 17.8 Å². The van der Waals surface area contributed by atoms with E-state index in [0.29, 0.717) is 11.4 Å². The van der Waals surface area contributed by atoms with Gasteiger partial charge in [-0.1, -0.05) is 41.9 Å². The number of fused-ring (bicyclic) bond motifs is 1. The number of halogens is 1. The van der Waals surface area contributed by atoms with Crippen LogP contribution in [0.1, 0.15) is 11.1 Å². The first-order chi connectivity index (χ1) is 9.72. The van der Waals surface area contributed by atoms with Crippen molar-refractivity contribution in [3.8, 4) is 0 Å². The van der Waals surface area contributed by atoms with E-state index < -0.39 is 0 Å². The SMILES string of the molecule is O=C(Nc1cccc(Cl)c1)[C@H]1Cc2ccccc2CN1. The molecule has 1 atom stereocenters. The average molecular weight is 287 g/mol. The number of benzene rings is 2. The zero-order valence-corrected chi connectivity index (χ0v) is 11.7. The zero-order chi connectivity index (χ0) is 13.9. The summed E-state index contributed by atoms with van der Waals surface area (Å²) in [5, 5.41) is 6.78. The molecule has 0 unspecified atom stereocenters. The molecule has 0 saturated heterocycles. The van der Waals surface area contributed by atoms with E-state index >= 15 is 0 Å². The Morgan fingerprint density at radius 3 is 2.75 bits per heavy atom. The quantitative estimate of drug-likeness (QED) is 0.891. The molecule has 1 heterocycles. The molecule has 1 amide bonds. The Morgan fingerprint density at radius 2 is 1.95 bits per heavy atom. The van der Waals surface area contributed by atoms with Crippen molar-refractivity contribution in [1.29, 1.82) is 0 Å². The molecule has 3 nitrogen and oxygen atoms in total. The first-order valence-corrected chi connectivity index (χ1v) is 6.97. The van der Waals surface area contributed by atoms with Gasteiger partial charge in [0.25, 0.3) is 0 Å². The van der Waals surface area contributed by atoms with Crippen molar-refractivity contribution in [2.24, 2.45) is 0 Å². The lowest BCUT2D eigenvalue weighted by molar-refractivity contribution is -0.118. The Morgan fingerprint density at radius 1 is 1.15 bits per heavy atom. The van der Waals surface area contributed by atoms with E-state index in [2.05, 4.69) is 22.8 Å². The number of anilines is 1. The normalized spacial score (nSPS) is 17.4. The maximum absolute atomic E-state index is 12.3. The van der Waals surface area contributed by atoms with Gasteiger partial charge < -0.3 is 10.6 Å². The van der Waals surface area contributed by atoms with Gasteiger partial charge in [-0.3, -0.25) is 4.79 Å². The van der Waals surface area contributed by atoms with Crippen molar-refractivity contribution in [1.82, 2.24) is 5.32 Å². The van der Waals surface area contributed by atoms with Gasteiger partial charge in [0.05, 0.1) is 6.04 Å². The van der Waals surface area contributed by atoms with Gasteiger partial charge >= 0.3 is 0 Å². The summed E-state index contributed by atoms with van der Waals surface area (Å²) in [4.78, 5) is 12.3. The largest absolute Gasteiger partial charge is 0.325 e. The van der Waals surface area contributed by atoms with E-state index in [4.69, 9.17) is 11.6 Å². The molecule has 2 aromatic carbocycles. The fraction of sp³-hybridized carbons (Fsp3) is 0.188. The number of amides is 1. The van der Waals surface area contributed by atoms with Gasteiger partial charge in [-0.15, -0.1) is 0 Å². The molecule has 0 bridgehead atoms. The van der Waals surface area contributed by atoms with E-state index in [9.17, 15) is 4.79 Å². The van der Waals surface area contributed by atoms with Crippen molar-refractivity contribution in [2.75, 3.05) is 5.32 Å². The highest BCUT2D eigenvalue weighted by atomic mass is 35.5. The Hall–Kier alpha value is -1.84. The van der Waals surface area contributed by atoms with Crippen LogP contribution in [0.2, 0.25) is 5.02 Å². The number of carbonyl (C=O) groups is 1. The molecule has 20 heavy (non-hydrogen) atoms. The van der Waals surface area contributed by atoms with Crippen LogP contribution in [0.25, 0.3) is 0 Å². The Kier molecular flexibility index (Phi) is 3.72. The second-order valence-electron chi connectivity index (χ2n) is 4.91. The van der Waals surface area contributed by atoms with Gasteiger partial charge in [0.2, 0.25) is 5.91 Å². The summed E-state index contributed by atoms with van der Waals surface area (Å²) >= 11 is 5.91. The first kappa shape index (κ1) is 13.2. The summed E-state index contributed by atoms with van der Waals surface area (Å²) in [6, 6.07) is 15.2. The lowest BCUT2D eigenvalue weighted by Crippen LogP contribution is -2.44. The molecule has 0 radical (unpaired) electrons. The molecule has 2 N–H and O–H groups in total. The minimum atomic E-state index is -0.205. The first-order valence-electron chi connectivity index (χ1n) is 6.59. The molecule has 4 heteroatoms. The molecule has 0 spiro atoms. The molecule has 1 aliphatic heterocycles. The van der Waals surface area contributed by atoms with Crippen molar-refractivity contribution >= 4 is 23.2 Å². The highest BCUT2D eigenvalue weighted by Gasteiger charge is 2.23. The predicted molar refractivity (Wildman–Crippen MR) is 80.9 cm³/mol. The van der Waals surface area contributed by atoms with Gasteiger partial charge in [-0.2, -0.15) is 0 Å². The maximum atomic E-state index is 12.3. The van der Waals surface area contributed by atoms with Gasteiger partial charge in [0, 0.05) is 17.3 Å². The van der Waals surface area contributed by atoms with Crippen LogP contribution in [0.3, 0.4) is 0 Å². The Labute approximate surface area is 123 Å². The van der Waals surface area contributed by atoms with Crippen LogP contribution in [-0.4, -0.2) is 11.9 Å². The minimum Gasteiger partial charge on any atom is -0.325 e. The van der Waals surface area contributed by atoms with Gasteiger partial charge in [0.1, 0.15) is 0 Å². The lowest BCUT2D eigenvalue weighted by atomic mass is 9.95. The second kappa shape index (κ2) is 5.65. The number of nitrogens with one attached hydrogen (secondary N) is 2. The van der Waals surface area contributed by atoms with Crippen LogP contribution in [0.15, 0.2) is 48.5 Å². The van der Waals surface area contributed by atoms with Crippen molar-refractivity contribution in [2.45, 2.75) is 19.0 Å². The summed E-state index contributed by atoms with van der Waals surface area (Å²) in [5.41, 5.74) is 3.22. The molecule has 3 rings (SSSR count). The van der Waals surface area contributed by atoms with Crippen LogP contribution in [0, 0.1) is 0 Å². The highest BCUT2D eigenvalue weighted by molar-refractivity contribution is 6.30. The summed E-state index contributed by atoms with van der Waals surface area (Å²) in [7, 11) is 0. The van der Waals surface area contributed by atoms with Crippen LogP contribution >= 0.6 is 11.6 Å². The third-order valence-electron chi connectivity index (χ3n) is 3.49. The van der Waals surface area contributed by atoms with E-state index in [1.165, 1.54) is 11.1 Å². The topological polar surface area (TPSA) is 41.1 Å². The standard InChI is InChI=1S/C16H15ClN2O/c17-13-6-3-7-14(9-13)19-16(20)15-8-11-4-1-2-5-12(11)10-18-15/h1-7,9,15,18H,8,10H2,(H,19,20)/t15-/m1/s1. The number of rotatable bonds is 2. The van der Waals surface area contributed by atoms with Gasteiger partial charge in [0.15, 0.2) is 0 Å². The zero-order valence-electron chi connectivity index (χ0n) is 10.9. The van der Waals surface area contributed by atoms with E-state index in [0.717, 1.165) is 12.2 Å². The molecule has 0 saturated carbocycles. The molecule has 0 aliphatic carbocycles. The number of hydrogen-bond acceptors (Lipinski definition) is 2. The Bertz CT molecular complexity index is 642. The maximum Gasteiger partial charge on any atom is 0.241 e. The van der Waals surface area contributed by atoms with Crippen molar-refractivity contribution < 1.29 is 4.79 Å². The van der Waals surface area contributed by atoms with E-state index in [1.54, 1.807) is 12.1 Å². The average Bonchev–Trinajstić information content (AvgIpc) is 2.47. The molecular formula is C16H15ClN2O. The molecule has 0 fully saturated rings. The molecule has 2 aromatic rings. The van der Waals surface area contributed by atoms with Crippen LogP contribution < -0.4 is 10.6 Å². The van der Waals surface area contributed by atoms with Gasteiger partial charge in [-0.25, -0.2) is 0 Å². The fourth-order valence-electron chi connectivity index (χ4n) is 2.44. The third kappa shape index (κ3) is 2.84. The fourth-order valence-corrected chi connectivity index (χ4v) is 2.63. The summed E-state index contributed by atoms with van der Waals surface area (Å²) in [6.07, 6.45) is 0.711. The minimum absolute atomic E-state index is 0.0261. The summed E-state index contributed by atoms with van der Waals surface area (Å²) in [5.74, 6) is -0.0261. The molecular weight excluding hydrogens is 272 g/mol. The Balaban J connectivity index is 1.70. The summed E-state index contributed by atoms with van der Waals surface area (Å²) in [6.45, 7) is 0.726. The second-order valence-corrected chi connectivity index (χ2v) is 5.34. The van der Waals surface area contributed by atoms with Gasteiger partial charge in [-0.05, 0) is 35.7 Å². The monoisotopic (exact) mass is 286 g/mol. The molecule has 102 valence electrons. The van der Waals surface area contributed by atoms with E-state index in [-0.39, 0.29) is 11.9 Å². The smallest absolute Gasteiger partial charge is 0.241 e. The van der Waals surface area contributed by atoms with Crippen LogP contribution in [0.5, 0.6) is 0 Å². The highest BCUT2D eigenvalue weighted by Crippen LogP contribution is 2.19. The number of hydrogen-bond donors (Lipinski definition) is 2. The van der Waals surface area contributed by atoms with Crippen molar-refractivity contribution in [3.05, 3.63) is 64.7 Å². The molecule has 1 aliphatic rings. The van der Waals surface area contributed by atoms with Crippen LogP contribution in [0.4, 0.5) is 5.69 Å². The lowest BCUT2D eigenvalue weighted by Gasteiger charge is -2.25. The predicted octanol–water partition coefficient (Wildman–Crippen LogP) is 2.99. The van der Waals surface area contributed by atoms with Crippen molar-refractivity contribution in [3.63, 3.8) is 0 Å². The third-order valence-corrected chi connectivity index (χ3v) is 3.73. The number of carbonyl (C=O) groups excluding carboxylic acids is 1. The van der Waals surface area contributed by atoms with E-state index in [1.807, 2.05) is 24.3 Å². The molecule has 0 aromatic heterocycles. The summed E-state index contributed by atoms with van der Waals surface area (Å²) < 4.78 is 0.